The monoisotopic (exact) mass is 498 g/mol. The zero-order valence-electron chi connectivity index (χ0n) is 22.1. The van der Waals surface area contributed by atoms with Crippen LogP contribution in [0.5, 0.6) is 5.75 Å². The van der Waals surface area contributed by atoms with Crippen molar-refractivity contribution in [2.45, 2.75) is 46.6 Å². The van der Waals surface area contributed by atoms with Crippen LogP contribution in [-0.4, -0.2) is 24.3 Å². The molecule has 0 saturated heterocycles. The number of carbonyl (C=O) groups excluding carboxylic acids is 2. The minimum Gasteiger partial charge on any atom is -0.457 e. The van der Waals surface area contributed by atoms with Crippen molar-refractivity contribution in [3.05, 3.63) is 107 Å². The third-order valence-electron chi connectivity index (χ3n) is 5.40. The molecule has 5 nitrogen and oxygen atoms in total. The molecule has 0 unspecified atom stereocenters. The van der Waals surface area contributed by atoms with Crippen molar-refractivity contribution in [3.8, 4) is 5.75 Å². The van der Waals surface area contributed by atoms with Crippen LogP contribution in [0, 0.1) is 0 Å². The molecule has 0 aliphatic carbocycles. The van der Waals surface area contributed by atoms with Gasteiger partial charge in [0.1, 0.15) is 11.4 Å². The van der Waals surface area contributed by atoms with E-state index in [1.165, 1.54) is 11.6 Å². The molecule has 3 aromatic carbocycles. The maximum atomic E-state index is 12.1. The van der Waals surface area contributed by atoms with Crippen molar-refractivity contribution in [2.75, 3.05) is 6.61 Å². The molecule has 0 spiro atoms. The molecule has 0 radical (unpaired) electrons. The van der Waals surface area contributed by atoms with Gasteiger partial charge in [-0.2, -0.15) is 0 Å². The van der Waals surface area contributed by atoms with Gasteiger partial charge >= 0.3 is 12.1 Å². The molecule has 0 atom stereocenters. The Morgan fingerprint density at radius 1 is 0.784 bits per heavy atom. The van der Waals surface area contributed by atoms with E-state index >= 15 is 0 Å². The van der Waals surface area contributed by atoms with Gasteiger partial charge in [-0.1, -0.05) is 73.7 Å². The highest BCUT2D eigenvalue weighted by molar-refractivity contribution is 5.98. The number of hydrogen-bond acceptors (Lipinski definition) is 5. The zero-order chi connectivity index (χ0) is 26.8. The molecular formula is C32H34O5. The van der Waals surface area contributed by atoms with E-state index in [9.17, 15) is 9.59 Å². The first-order chi connectivity index (χ1) is 17.7. The van der Waals surface area contributed by atoms with Crippen LogP contribution in [0.15, 0.2) is 84.9 Å². The van der Waals surface area contributed by atoms with Crippen molar-refractivity contribution in [3.63, 3.8) is 0 Å². The molecule has 3 rings (SSSR count). The van der Waals surface area contributed by atoms with Crippen molar-refractivity contribution >= 4 is 29.3 Å². The van der Waals surface area contributed by atoms with Gasteiger partial charge < -0.3 is 14.2 Å². The molecule has 192 valence electrons. The summed E-state index contributed by atoms with van der Waals surface area (Å²) < 4.78 is 15.5. The first kappa shape index (κ1) is 27.5. The van der Waals surface area contributed by atoms with Crippen LogP contribution in [0.1, 0.15) is 63.3 Å². The van der Waals surface area contributed by atoms with Gasteiger partial charge in [-0.3, -0.25) is 0 Å². The van der Waals surface area contributed by atoms with E-state index in [1.54, 1.807) is 25.1 Å². The van der Waals surface area contributed by atoms with Gasteiger partial charge in [0, 0.05) is 6.08 Å². The van der Waals surface area contributed by atoms with Gasteiger partial charge in [0.25, 0.3) is 0 Å². The lowest BCUT2D eigenvalue weighted by atomic mass is 9.88. The Hall–Kier alpha value is -4.12. The maximum Gasteiger partial charge on any atom is 0.513 e. The average Bonchev–Trinajstić information content (AvgIpc) is 2.87. The van der Waals surface area contributed by atoms with E-state index in [4.69, 9.17) is 14.2 Å². The highest BCUT2D eigenvalue weighted by Crippen LogP contribution is 2.35. The number of rotatable bonds is 8. The molecule has 37 heavy (non-hydrogen) atoms. The summed E-state index contributed by atoms with van der Waals surface area (Å²) in [5.74, 6) is 0.0431. The number of hydrogen-bond donors (Lipinski definition) is 0. The van der Waals surface area contributed by atoms with E-state index in [0.29, 0.717) is 5.75 Å². The van der Waals surface area contributed by atoms with Crippen LogP contribution in [0.4, 0.5) is 4.79 Å². The van der Waals surface area contributed by atoms with Gasteiger partial charge in [-0.15, -0.1) is 0 Å². The first-order valence-electron chi connectivity index (χ1n) is 12.4. The zero-order valence-corrected chi connectivity index (χ0v) is 22.1. The minimum absolute atomic E-state index is 0.254. The quantitative estimate of drug-likeness (QED) is 0.136. The number of benzene rings is 3. The summed E-state index contributed by atoms with van der Waals surface area (Å²) in [5.41, 5.74) is 5.81. The highest BCUT2D eigenvalue weighted by Gasteiger charge is 2.15. The van der Waals surface area contributed by atoms with Crippen molar-refractivity contribution in [1.29, 1.82) is 0 Å². The van der Waals surface area contributed by atoms with Crippen LogP contribution in [0.25, 0.3) is 17.2 Å². The highest BCUT2D eigenvalue weighted by atomic mass is 16.7. The normalized spacial score (nSPS) is 12.1. The molecule has 0 fully saturated rings. The maximum absolute atomic E-state index is 12.1. The Morgan fingerprint density at radius 2 is 1.38 bits per heavy atom. The molecule has 3 aromatic rings. The SMILES string of the molecule is CCOC(=O)Oc1ccc(C(=C(CC)c2ccccc2)c2ccc(C=CC(=O)OC(C)(C)C)cc2)cc1. The predicted octanol–water partition coefficient (Wildman–Crippen LogP) is 7.95. The fourth-order valence-corrected chi connectivity index (χ4v) is 3.87. The van der Waals surface area contributed by atoms with Crippen LogP contribution >= 0.6 is 0 Å². The minimum atomic E-state index is -0.723. The average molecular weight is 499 g/mol. The third-order valence-corrected chi connectivity index (χ3v) is 5.40. The van der Waals surface area contributed by atoms with Gasteiger partial charge in [-0.05, 0) is 85.7 Å². The summed E-state index contributed by atoms with van der Waals surface area (Å²) in [7, 11) is 0. The largest absolute Gasteiger partial charge is 0.513 e. The van der Waals surface area contributed by atoms with Gasteiger partial charge in [-0.25, -0.2) is 9.59 Å². The van der Waals surface area contributed by atoms with Crippen LogP contribution < -0.4 is 4.74 Å². The number of esters is 1. The summed E-state index contributed by atoms with van der Waals surface area (Å²) in [6.45, 7) is 9.65. The Balaban J connectivity index is 1.98. The molecule has 0 aliphatic heterocycles. The topological polar surface area (TPSA) is 61.8 Å². The predicted molar refractivity (Wildman–Crippen MR) is 148 cm³/mol. The van der Waals surface area contributed by atoms with Gasteiger partial charge in [0.05, 0.1) is 6.61 Å². The lowest BCUT2D eigenvalue weighted by Gasteiger charge is -2.18. The van der Waals surface area contributed by atoms with E-state index in [1.807, 2.05) is 75.4 Å². The van der Waals surface area contributed by atoms with Crippen molar-refractivity contribution in [1.82, 2.24) is 0 Å². The summed E-state index contributed by atoms with van der Waals surface area (Å²) in [6, 6.07) is 25.8. The van der Waals surface area contributed by atoms with Crippen molar-refractivity contribution in [2.24, 2.45) is 0 Å². The molecule has 0 amide bonds. The molecular weight excluding hydrogens is 464 g/mol. The molecule has 0 bridgehead atoms. The van der Waals surface area contributed by atoms with E-state index in [2.05, 4.69) is 19.1 Å². The first-order valence-corrected chi connectivity index (χ1v) is 12.4. The second-order valence-corrected chi connectivity index (χ2v) is 9.37. The lowest BCUT2D eigenvalue weighted by molar-refractivity contribution is -0.148. The third kappa shape index (κ3) is 8.21. The Kier molecular flexibility index (Phi) is 9.45. The van der Waals surface area contributed by atoms with Crippen LogP contribution in [-0.2, 0) is 14.3 Å². The van der Waals surface area contributed by atoms with E-state index in [0.717, 1.165) is 34.2 Å². The number of allylic oxidation sites excluding steroid dienone is 1. The van der Waals surface area contributed by atoms with Gasteiger partial charge in [0.2, 0.25) is 0 Å². The summed E-state index contributed by atoms with van der Waals surface area (Å²) in [5, 5.41) is 0. The smallest absolute Gasteiger partial charge is 0.457 e. The Labute approximate surface area is 219 Å². The van der Waals surface area contributed by atoms with E-state index < -0.39 is 11.8 Å². The second-order valence-electron chi connectivity index (χ2n) is 9.37. The number of ether oxygens (including phenoxy) is 3. The summed E-state index contributed by atoms with van der Waals surface area (Å²) in [4.78, 5) is 23.8. The molecule has 0 N–H and O–H groups in total. The summed E-state index contributed by atoms with van der Waals surface area (Å²) in [6.07, 6.45) is 3.29. The second kappa shape index (κ2) is 12.7. The number of carbonyl (C=O) groups is 2. The lowest BCUT2D eigenvalue weighted by Crippen LogP contribution is -2.22. The fraction of sp³-hybridized carbons (Fsp3) is 0.250. The molecule has 0 aliphatic rings. The van der Waals surface area contributed by atoms with Crippen molar-refractivity contribution < 1.29 is 23.8 Å². The van der Waals surface area contributed by atoms with E-state index in [-0.39, 0.29) is 12.6 Å². The van der Waals surface area contributed by atoms with Gasteiger partial charge in [0.15, 0.2) is 0 Å². The summed E-state index contributed by atoms with van der Waals surface area (Å²) >= 11 is 0. The molecule has 0 heterocycles. The molecule has 0 aromatic heterocycles. The molecule has 0 saturated carbocycles. The Morgan fingerprint density at radius 3 is 1.92 bits per heavy atom. The standard InChI is InChI=1S/C32H34O5/c1-6-28(24-11-9-8-10-12-24)30(26-18-20-27(21-19-26)36-31(34)35-7-2)25-16-13-23(14-17-25)15-22-29(33)37-32(3,4)5/h8-22H,6-7H2,1-5H3. The fourth-order valence-electron chi connectivity index (χ4n) is 3.87. The van der Waals surface area contributed by atoms with Crippen LogP contribution in [0.2, 0.25) is 0 Å². The Bertz CT molecular complexity index is 1250. The molecule has 5 heteroatoms. The van der Waals surface area contributed by atoms with Crippen LogP contribution in [0.3, 0.4) is 0 Å².